The molecule has 0 amide bonds. The number of hydrogen-bond acceptors (Lipinski definition) is 2. The van der Waals surface area contributed by atoms with Gasteiger partial charge in [0.1, 0.15) is 0 Å². The summed E-state index contributed by atoms with van der Waals surface area (Å²) in [6, 6.07) is 65.1. The van der Waals surface area contributed by atoms with E-state index in [0.717, 1.165) is 34.1 Å². The largest absolute Gasteiger partial charge is 0.310 e. The fourth-order valence-electron chi connectivity index (χ4n) is 6.45. The summed E-state index contributed by atoms with van der Waals surface area (Å²) in [6.45, 7) is 20.0. The lowest BCUT2D eigenvalue weighted by Gasteiger charge is -2.29. The second-order valence-corrected chi connectivity index (χ2v) is 11.0. The van der Waals surface area contributed by atoms with Crippen LogP contribution in [0.2, 0.25) is 0 Å². The first-order valence-electron chi connectivity index (χ1n) is 20.0. The van der Waals surface area contributed by atoms with Crippen LogP contribution in [0, 0.1) is 0 Å². The molecule has 0 unspecified atom stereocenters. The average Bonchev–Trinajstić information content (AvgIpc) is 3.29. The molecule has 8 aromatic carbocycles. The van der Waals surface area contributed by atoms with Gasteiger partial charge in [0.2, 0.25) is 0 Å². The Balaban J connectivity index is 0.000000727. The molecule has 0 aliphatic carbocycles. The standard InChI is InChI=1S/C42H30N2.5C2H6/c1-5-17-31(18-6-1)43(32-19-7-2-8-20-32)41-29-39-36-26-14-16-28-38(36)42(30-40(39)35-25-13-15-27-37(35)41)44(33-21-9-3-10-22-33)34-23-11-4-12-24-34;5*1-2/h1-30H;5*1-2H3. The predicted molar refractivity (Wildman–Crippen MR) is 245 cm³/mol. The van der Waals surface area contributed by atoms with Gasteiger partial charge in [0.15, 0.2) is 0 Å². The summed E-state index contributed by atoms with van der Waals surface area (Å²) in [6.07, 6.45) is 0. The smallest absolute Gasteiger partial charge is 0.0546 e. The van der Waals surface area contributed by atoms with Gasteiger partial charge in [-0.05, 0) is 82.2 Å². The molecule has 0 aliphatic heterocycles. The lowest BCUT2D eigenvalue weighted by Crippen LogP contribution is -2.11. The molecule has 0 N–H and O–H groups in total. The lowest BCUT2D eigenvalue weighted by atomic mass is 9.93. The first-order chi connectivity index (χ1) is 26.9. The molecule has 0 bridgehead atoms. The minimum absolute atomic E-state index is 1.13. The third kappa shape index (κ3) is 9.38. The molecule has 0 aromatic heterocycles. The zero-order chi connectivity index (χ0) is 39.3. The summed E-state index contributed by atoms with van der Waals surface area (Å²) in [7, 11) is 0. The van der Waals surface area contributed by atoms with Crippen molar-refractivity contribution >= 4 is 66.4 Å². The fraction of sp³-hybridized carbons (Fsp3) is 0.192. The Hall–Kier alpha value is -5.86. The Bertz CT molecular complexity index is 1970. The molecule has 0 heterocycles. The maximum atomic E-state index is 2.39. The Morgan fingerprint density at radius 2 is 0.426 bits per heavy atom. The summed E-state index contributed by atoms with van der Waals surface area (Å²) >= 11 is 0. The molecule has 0 fully saturated rings. The zero-order valence-electron chi connectivity index (χ0n) is 34.2. The van der Waals surface area contributed by atoms with Crippen molar-refractivity contribution in [1.82, 2.24) is 0 Å². The second-order valence-electron chi connectivity index (χ2n) is 11.0. The average molecular weight is 713 g/mol. The van der Waals surface area contributed by atoms with E-state index in [1.165, 1.54) is 32.3 Å². The molecule has 0 aliphatic rings. The van der Waals surface area contributed by atoms with Crippen LogP contribution in [0.4, 0.5) is 34.1 Å². The molecule has 0 atom stereocenters. The van der Waals surface area contributed by atoms with E-state index in [0.29, 0.717) is 0 Å². The summed E-state index contributed by atoms with van der Waals surface area (Å²) < 4.78 is 0. The van der Waals surface area contributed by atoms with Crippen LogP contribution in [0.1, 0.15) is 69.2 Å². The highest BCUT2D eigenvalue weighted by atomic mass is 15.1. The van der Waals surface area contributed by atoms with E-state index in [1.54, 1.807) is 0 Å². The molecule has 8 aromatic rings. The molecular formula is C52H60N2. The van der Waals surface area contributed by atoms with E-state index < -0.39 is 0 Å². The molecule has 8 rings (SSSR count). The van der Waals surface area contributed by atoms with Gasteiger partial charge < -0.3 is 9.80 Å². The first-order valence-corrected chi connectivity index (χ1v) is 20.0. The van der Waals surface area contributed by atoms with Gasteiger partial charge in [0, 0.05) is 33.5 Å². The SMILES string of the molecule is CC.CC.CC.CC.CC.c1ccc(N(c2ccccc2)c2cc3c4ccccc4c(N(c4ccccc4)c4ccccc4)cc3c3ccccc23)cc1. The summed E-state index contributed by atoms with van der Waals surface area (Å²) in [5.41, 5.74) is 6.83. The number of hydrogen-bond donors (Lipinski definition) is 0. The van der Waals surface area contributed by atoms with E-state index >= 15 is 0 Å². The second kappa shape index (κ2) is 22.9. The molecule has 0 radical (unpaired) electrons. The number of rotatable bonds is 6. The molecule has 2 nitrogen and oxygen atoms in total. The van der Waals surface area contributed by atoms with Crippen molar-refractivity contribution in [3.63, 3.8) is 0 Å². The monoisotopic (exact) mass is 712 g/mol. The van der Waals surface area contributed by atoms with E-state index in [2.05, 4.69) is 192 Å². The molecule has 54 heavy (non-hydrogen) atoms. The van der Waals surface area contributed by atoms with E-state index in [4.69, 9.17) is 0 Å². The van der Waals surface area contributed by atoms with Crippen LogP contribution in [0.25, 0.3) is 32.3 Å². The van der Waals surface area contributed by atoms with Gasteiger partial charge in [-0.3, -0.25) is 0 Å². The molecule has 0 saturated heterocycles. The number of para-hydroxylation sites is 4. The van der Waals surface area contributed by atoms with Crippen molar-refractivity contribution in [2.45, 2.75) is 69.2 Å². The third-order valence-electron chi connectivity index (χ3n) is 8.38. The molecule has 0 spiro atoms. The quantitative estimate of drug-likeness (QED) is 0.158. The summed E-state index contributed by atoms with van der Waals surface area (Å²) in [4.78, 5) is 4.76. The lowest BCUT2D eigenvalue weighted by molar-refractivity contribution is 1.30. The molecular weight excluding hydrogens is 653 g/mol. The van der Waals surface area contributed by atoms with Gasteiger partial charge in [-0.1, -0.05) is 191 Å². The number of benzene rings is 8. The van der Waals surface area contributed by atoms with Gasteiger partial charge in [-0.2, -0.15) is 0 Å². The van der Waals surface area contributed by atoms with Crippen molar-refractivity contribution < 1.29 is 0 Å². The van der Waals surface area contributed by atoms with Crippen LogP contribution in [0.15, 0.2) is 182 Å². The normalized spacial score (nSPS) is 9.67. The number of nitrogens with zero attached hydrogens (tertiary/aromatic N) is 2. The minimum atomic E-state index is 1.13. The zero-order valence-corrected chi connectivity index (χ0v) is 34.2. The van der Waals surface area contributed by atoms with Crippen molar-refractivity contribution in [2.24, 2.45) is 0 Å². The van der Waals surface area contributed by atoms with Crippen molar-refractivity contribution in [3.05, 3.63) is 182 Å². The topological polar surface area (TPSA) is 6.48 Å². The Kier molecular flexibility index (Phi) is 18.1. The minimum Gasteiger partial charge on any atom is -0.310 e. The van der Waals surface area contributed by atoms with Gasteiger partial charge in [0.25, 0.3) is 0 Å². The van der Waals surface area contributed by atoms with Crippen LogP contribution >= 0.6 is 0 Å². The summed E-state index contributed by atoms with van der Waals surface area (Å²) in [5.74, 6) is 0. The van der Waals surface area contributed by atoms with Crippen molar-refractivity contribution in [2.75, 3.05) is 9.80 Å². The molecule has 278 valence electrons. The third-order valence-corrected chi connectivity index (χ3v) is 8.38. The highest BCUT2D eigenvalue weighted by Gasteiger charge is 2.21. The van der Waals surface area contributed by atoms with Gasteiger partial charge in [-0.15, -0.1) is 0 Å². The Morgan fingerprint density at radius 1 is 0.222 bits per heavy atom. The van der Waals surface area contributed by atoms with Gasteiger partial charge >= 0.3 is 0 Å². The van der Waals surface area contributed by atoms with Crippen LogP contribution in [0.5, 0.6) is 0 Å². The maximum absolute atomic E-state index is 2.39. The molecule has 0 saturated carbocycles. The first kappa shape index (κ1) is 42.6. The summed E-state index contributed by atoms with van der Waals surface area (Å²) in [5, 5.41) is 7.33. The fourth-order valence-corrected chi connectivity index (χ4v) is 6.45. The Labute approximate surface area is 326 Å². The number of anilines is 6. The van der Waals surface area contributed by atoms with Gasteiger partial charge in [0.05, 0.1) is 11.4 Å². The van der Waals surface area contributed by atoms with Crippen LogP contribution in [-0.4, -0.2) is 0 Å². The van der Waals surface area contributed by atoms with Crippen LogP contribution < -0.4 is 9.80 Å². The predicted octanol–water partition coefficient (Wildman–Crippen LogP) is 17.2. The van der Waals surface area contributed by atoms with E-state index in [1.807, 2.05) is 69.2 Å². The highest BCUT2D eigenvalue weighted by Crippen LogP contribution is 2.47. The maximum Gasteiger partial charge on any atom is 0.0546 e. The van der Waals surface area contributed by atoms with E-state index in [9.17, 15) is 0 Å². The van der Waals surface area contributed by atoms with Crippen LogP contribution in [-0.2, 0) is 0 Å². The molecule has 2 heteroatoms. The van der Waals surface area contributed by atoms with Gasteiger partial charge in [-0.25, -0.2) is 0 Å². The Morgan fingerprint density at radius 3 is 0.667 bits per heavy atom. The van der Waals surface area contributed by atoms with Crippen molar-refractivity contribution in [3.8, 4) is 0 Å². The highest BCUT2D eigenvalue weighted by molar-refractivity contribution is 6.24. The van der Waals surface area contributed by atoms with E-state index in [-0.39, 0.29) is 0 Å². The number of fused-ring (bicyclic) bond motifs is 5. The van der Waals surface area contributed by atoms with Crippen LogP contribution in [0.3, 0.4) is 0 Å². The van der Waals surface area contributed by atoms with Crippen molar-refractivity contribution in [1.29, 1.82) is 0 Å².